The molecule has 0 bridgehead atoms. The van der Waals surface area contributed by atoms with Gasteiger partial charge in [-0.2, -0.15) is 0 Å². The van der Waals surface area contributed by atoms with E-state index in [0.29, 0.717) is 21.1 Å². The number of nitrogens with zero attached hydrogens (tertiary/aromatic N) is 3. The van der Waals surface area contributed by atoms with E-state index in [0.717, 1.165) is 11.3 Å². The van der Waals surface area contributed by atoms with Crippen LogP contribution in [0.2, 0.25) is 0 Å². The molecule has 3 N–H and O–H groups in total. The van der Waals surface area contributed by atoms with E-state index < -0.39 is 17.2 Å². The lowest BCUT2D eigenvalue weighted by Gasteiger charge is -2.24. The Balaban J connectivity index is 2.10. The highest BCUT2D eigenvalue weighted by Crippen LogP contribution is 2.30. The Morgan fingerprint density at radius 1 is 1.30 bits per heavy atom. The lowest BCUT2D eigenvalue weighted by molar-refractivity contribution is 0.0978. The zero-order valence-corrected chi connectivity index (χ0v) is 19.7. The third-order valence-electron chi connectivity index (χ3n) is 4.88. The summed E-state index contributed by atoms with van der Waals surface area (Å²) in [5.74, 6) is -0.889. The molecule has 33 heavy (non-hydrogen) atoms. The van der Waals surface area contributed by atoms with Gasteiger partial charge >= 0.3 is 5.69 Å². The van der Waals surface area contributed by atoms with Gasteiger partial charge in [0.2, 0.25) is 0 Å². The molecule has 3 aromatic rings. The van der Waals surface area contributed by atoms with Crippen LogP contribution < -0.4 is 21.9 Å². The number of rotatable bonds is 8. The van der Waals surface area contributed by atoms with Gasteiger partial charge in [-0.25, -0.2) is 14.2 Å². The minimum absolute atomic E-state index is 0.0334. The number of hydrogen-bond acceptors (Lipinski definition) is 7. The molecule has 0 saturated carbocycles. The standard InChI is InChI=1S/C22H26FN5O4S/c1-12(2)11-28-18(24)16(19(29)26-22(28)31)27(9-10-32-4)21(30)17-13(3)25-20(33-17)14-5-7-15(23)8-6-14/h5-8,12H,9-11,24H2,1-4H3,(H,26,29,31). The lowest BCUT2D eigenvalue weighted by Crippen LogP contribution is -2.42. The average molecular weight is 476 g/mol. The SMILES string of the molecule is COCCN(C(=O)c1sc(-c2ccc(F)cc2)nc1C)c1c(N)n(CC(C)C)c(=O)[nH]c1=O. The molecule has 0 fully saturated rings. The predicted octanol–water partition coefficient (Wildman–Crippen LogP) is 2.64. The van der Waals surface area contributed by atoms with Gasteiger partial charge in [-0.15, -0.1) is 11.3 Å². The number of nitrogens with two attached hydrogens (primary N) is 1. The first kappa shape index (κ1) is 24.3. The summed E-state index contributed by atoms with van der Waals surface area (Å²) >= 11 is 1.13. The molecule has 0 radical (unpaired) electrons. The van der Waals surface area contributed by atoms with E-state index in [2.05, 4.69) is 9.97 Å². The summed E-state index contributed by atoms with van der Waals surface area (Å²) in [7, 11) is 1.47. The number of aromatic amines is 1. The number of hydrogen-bond donors (Lipinski definition) is 2. The Labute approximate surface area is 193 Å². The van der Waals surface area contributed by atoms with Crippen molar-refractivity contribution in [1.29, 1.82) is 0 Å². The number of ether oxygens (including phenoxy) is 1. The molecule has 0 spiro atoms. The topological polar surface area (TPSA) is 123 Å². The van der Waals surface area contributed by atoms with Crippen molar-refractivity contribution >= 4 is 28.7 Å². The van der Waals surface area contributed by atoms with Crippen LogP contribution in [0.15, 0.2) is 33.9 Å². The van der Waals surface area contributed by atoms with Crippen LogP contribution in [0.4, 0.5) is 15.9 Å². The highest BCUT2D eigenvalue weighted by Gasteiger charge is 2.28. The number of carbonyl (C=O) groups is 1. The zero-order chi connectivity index (χ0) is 24.3. The highest BCUT2D eigenvalue weighted by atomic mass is 32.1. The van der Waals surface area contributed by atoms with Crippen molar-refractivity contribution in [3.8, 4) is 10.6 Å². The molecule has 0 saturated heterocycles. The fraction of sp³-hybridized carbons (Fsp3) is 0.364. The number of amides is 1. The summed E-state index contributed by atoms with van der Waals surface area (Å²) in [6.07, 6.45) is 0. The third-order valence-corrected chi connectivity index (χ3v) is 6.07. The van der Waals surface area contributed by atoms with E-state index >= 15 is 0 Å². The number of benzene rings is 1. The minimum Gasteiger partial charge on any atom is -0.383 e. The van der Waals surface area contributed by atoms with Crippen molar-refractivity contribution in [3.63, 3.8) is 0 Å². The third kappa shape index (κ3) is 5.20. The van der Waals surface area contributed by atoms with E-state index in [1.54, 1.807) is 19.1 Å². The first-order valence-electron chi connectivity index (χ1n) is 10.3. The summed E-state index contributed by atoms with van der Waals surface area (Å²) in [6.45, 7) is 5.93. The van der Waals surface area contributed by atoms with Gasteiger partial charge in [0.25, 0.3) is 11.5 Å². The van der Waals surface area contributed by atoms with Crippen molar-refractivity contribution in [3.05, 3.63) is 61.5 Å². The molecule has 0 aliphatic heterocycles. The molecule has 0 atom stereocenters. The van der Waals surface area contributed by atoms with Gasteiger partial charge in [-0.3, -0.25) is 24.0 Å². The van der Waals surface area contributed by atoms with Gasteiger partial charge < -0.3 is 10.5 Å². The molecule has 2 aromatic heterocycles. The minimum atomic E-state index is -0.761. The maximum Gasteiger partial charge on any atom is 0.330 e. The Morgan fingerprint density at radius 3 is 2.58 bits per heavy atom. The van der Waals surface area contributed by atoms with Crippen LogP contribution in [0.1, 0.15) is 29.2 Å². The second-order valence-electron chi connectivity index (χ2n) is 7.89. The Hall–Kier alpha value is -3.31. The number of aryl methyl sites for hydroxylation is 1. The second kappa shape index (κ2) is 10.1. The van der Waals surface area contributed by atoms with Crippen LogP contribution in [-0.4, -0.2) is 40.7 Å². The van der Waals surface area contributed by atoms with Crippen LogP contribution in [0.25, 0.3) is 10.6 Å². The molecular weight excluding hydrogens is 449 g/mol. The number of H-pyrrole nitrogens is 1. The van der Waals surface area contributed by atoms with Crippen LogP contribution in [0.3, 0.4) is 0 Å². The number of nitrogens with one attached hydrogen (secondary N) is 1. The molecule has 2 heterocycles. The number of anilines is 2. The average Bonchev–Trinajstić information content (AvgIpc) is 3.14. The second-order valence-corrected chi connectivity index (χ2v) is 8.89. The summed E-state index contributed by atoms with van der Waals surface area (Å²) in [4.78, 5) is 46.9. The van der Waals surface area contributed by atoms with E-state index in [1.807, 2.05) is 13.8 Å². The normalized spacial score (nSPS) is 11.2. The number of nitrogen functional groups attached to an aromatic ring is 1. The molecule has 0 unspecified atom stereocenters. The summed E-state index contributed by atoms with van der Waals surface area (Å²) < 4.78 is 19.7. The van der Waals surface area contributed by atoms with Crippen molar-refractivity contribution in [1.82, 2.24) is 14.5 Å². The number of methoxy groups -OCH3 is 1. The summed E-state index contributed by atoms with van der Waals surface area (Å²) in [6, 6.07) is 5.79. The molecule has 0 aliphatic carbocycles. The predicted molar refractivity (Wildman–Crippen MR) is 126 cm³/mol. The van der Waals surface area contributed by atoms with E-state index in [1.165, 1.54) is 28.7 Å². The fourth-order valence-corrected chi connectivity index (χ4v) is 4.34. The largest absolute Gasteiger partial charge is 0.383 e. The number of aromatic nitrogens is 3. The molecule has 9 nitrogen and oxygen atoms in total. The molecular formula is C22H26FN5O4S. The molecule has 0 aliphatic rings. The summed E-state index contributed by atoms with van der Waals surface area (Å²) in [5.41, 5.74) is 5.83. The fourth-order valence-electron chi connectivity index (χ4n) is 3.32. The van der Waals surface area contributed by atoms with Crippen molar-refractivity contribution in [2.45, 2.75) is 27.3 Å². The van der Waals surface area contributed by atoms with Crippen LogP contribution >= 0.6 is 11.3 Å². The van der Waals surface area contributed by atoms with Gasteiger partial charge in [-0.05, 0) is 37.1 Å². The molecule has 176 valence electrons. The van der Waals surface area contributed by atoms with Gasteiger partial charge in [0.05, 0.1) is 12.3 Å². The maximum atomic E-state index is 13.6. The Bertz CT molecular complexity index is 1260. The van der Waals surface area contributed by atoms with Gasteiger partial charge in [0, 0.05) is 25.8 Å². The first-order chi connectivity index (χ1) is 15.6. The number of halogens is 1. The van der Waals surface area contributed by atoms with Gasteiger partial charge in [0.15, 0.2) is 5.69 Å². The van der Waals surface area contributed by atoms with Crippen molar-refractivity contribution < 1.29 is 13.9 Å². The van der Waals surface area contributed by atoms with Crippen LogP contribution in [0.5, 0.6) is 0 Å². The monoisotopic (exact) mass is 475 g/mol. The molecule has 1 amide bonds. The first-order valence-corrected chi connectivity index (χ1v) is 11.1. The quantitative estimate of drug-likeness (QED) is 0.516. The highest BCUT2D eigenvalue weighted by molar-refractivity contribution is 7.17. The lowest BCUT2D eigenvalue weighted by atomic mass is 10.2. The maximum absolute atomic E-state index is 13.6. The van der Waals surface area contributed by atoms with E-state index in [9.17, 15) is 18.8 Å². The van der Waals surface area contributed by atoms with E-state index in [4.69, 9.17) is 10.5 Å². The van der Waals surface area contributed by atoms with Crippen LogP contribution in [0, 0.1) is 18.7 Å². The summed E-state index contributed by atoms with van der Waals surface area (Å²) in [5, 5.41) is 0.536. The van der Waals surface area contributed by atoms with Gasteiger partial charge in [0.1, 0.15) is 21.5 Å². The molecule has 3 rings (SSSR count). The van der Waals surface area contributed by atoms with Crippen molar-refractivity contribution in [2.75, 3.05) is 30.9 Å². The number of carbonyl (C=O) groups excluding carboxylic acids is 1. The zero-order valence-electron chi connectivity index (χ0n) is 18.8. The van der Waals surface area contributed by atoms with Crippen LogP contribution in [-0.2, 0) is 11.3 Å². The molecule has 1 aromatic carbocycles. The van der Waals surface area contributed by atoms with Gasteiger partial charge in [-0.1, -0.05) is 13.8 Å². The van der Waals surface area contributed by atoms with Crippen molar-refractivity contribution in [2.24, 2.45) is 5.92 Å². The van der Waals surface area contributed by atoms with E-state index in [-0.39, 0.29) is 42.9 Å². The molecule has 11 heteroatoms. The number of thiazole rings is 1. The Morgan fingerprint density at radius 2 is 1.97 bits per heavy atom. The Kier molecular flexibility index (Phi) is 7.44. The smallest absolute Gasteiger partial charge is 0.330 e.